The van der Waals surface area contributed by atoms with E-state index in [-0.39, 0.29) is 12.0 Å². The van der Waals surface area contributed by atoms with E-state index in [4.69, 9.17) is 10.5 Å². The molecule has 4 nitrogen and oxygen atoms in total. The van der Waals surface area contributed by atoms with Gasteiger partial charge in [-0.15, -0.1) is 0 Å². The second kappa shape index (κ2) is 6.73. The minimum absolute atomic E-state index is 0.0663. The van der Waals surface area contributed by atoms with E-state index in [0.717, 1.165) is 15.6 Å². The van der Waals surface area contributed by atoms with Crippen LogP contribution in [-0.2, 0) is 15.1 Å². The molecule has 3 rings (SSSR count). The van der Waals surface area contributed by atoms with Crippen LogP contribution in [0.2, 0.25) is 0 Å². The molecule has 1 aromatic carbocycles. The second-order valence-corrected chi connectivity index (χ2v) is 7.57. The smallest absolute Gasteiger partial charge is 0.247 e. The molecule has 2 atom stereocenters. The van der Waals surface area contributed by atoms with Gasteiger partial charge >= 0.3 is 0 Å². The van der Waals surface area contributed by atoms with Crippen molar-refractivity contribution in [3.05, 3.63) is 56.7 Å². The summed E-state index contributed by atoms with van der Waals surface area (Å²) in [6.45, 7) is 3.41. The highest BCUT2D eigenvalue weighted by molar-refractivity contribution is 9.10. The Bertz CT molecular complexity index is 670. The molecule has 0 aliphatic carbocycles. The van der Waals surface area contributed by atoms with Crippen LogP contribution in [0.4, 0.5) is 0 Å². The van der Waals surface area contributed by atoms with Gasteiger partial charge in [-0.2, -0.15) is 11.3 Å². The van der Waals surface area contributed by atoms with Crippen molar-refractivity contribution in [2.45, 2.75) is 18.6 Å². The predicted octanol–water partition coefficient (Wildman–Crippen LogP) is 3.28. The first-order chi connectivity index (χ1) is 11.0. The number of rotatable bonds is 3. The number of carbonyl (C=O) groups is 1. The van der Waals surface area contributed by atoms with Crippen LogP contribution < -0.4 is 5.73 Å². The van der Waals surface area contributed by atoms with Gasteiger partial charge in [0, 0.05) is 11.0 Å². The van der Waals surface area contributed by atoms with Crippen LogP contribution in [0.25, 0.3) is 0 Å². The standard InChI is InChI=1S/C17H19BrN2O2S/c1-17(19,13-2-4-14(18)5-3-13)16(21)20-7-8-22-15(10-20)12-6-9-23-11-12/h2-6,9,11,15H,7-8,10,19H2,1H3. The van der Waals surface area contributed by atoms with Crippen molar-refractivity contribution in [3.8, 4) is 0 Å². The largest absolute Gasteiger partial charge is 0.370 e. The lowest BCUT2D eigenvalue weighted by Crippen LogP contribution is -2.54. The van der Waals surface area contributed by atoms with E-state index in [1.54, 1.807) is 18.3 Å². The summed E-state index contributed by atoms with van der Waals surface area (Å²) < 4.78 is 6.77. The number of nitrogens with two attached hydrogens (primary N) is 1. The Morgan fingerprint density at radius 3 is 2.78 bits per heavy atom. The molecule has 2 aromatic rings. The highest BCUT2D eigenvalue weighted by Crippen LogP contribution is 2.28. The van der Waals surface area contributed by atoms with E-state index in [1.165, 1.54) is 0 Å². The Balaban J connectivity index is 1.77. The van der Waals surface area contributed by atoms with Gasteiger partial charge in [-0.05, 0) is 47.0 Å². The Labute approximate surface area is 148 Å². The zero-order valence-electron chi connectivity index (χ0n) is 12.9. The van der Waals surface area contributed by atoms with E-state index in [0.29, 0.717) is 19.7 Å². The van der Waals surface area contributed by atoms with Crippen molar-refractivity contribution >= 4 is 33.2 Å². The maximum atomic E-state index is 13.0. The lowest BCUT2D eigenvalue weighted by atomic mass is 9.91. The van der Waals surface area contributed by atoms with E-state index in [9.17, 15) is 4.79 Å². The SMILES string of the molecule is CC(N)(C(=O)N1CCOC(c2ccsc2)C1)c1ccc(Br)cc1. The molecule has 0 bridgehead atoms. The molecule has 122 valence electrons. The summed E-state index contributed by atoms with van der Waals surface area (Å²) in [6.07, 6.45) is -0.0698. The number of hydrogen-bond acceptors (Lipinski definition) is 4. The fraction of sp³-hybridized carbons (Fsp3) is 0.353. The van der Waals surface area contributed by atoms with Gasteiger partial charge in [0.15, 0.2) is 0 Å². The molecule has 0 spiro atoms. The summed E-state index contributed by atoms with van der Waals surface area (Å²) in [5, 5.41) is 4.09. The summed E-state index contributed by atoms with van der Waals surface area (Å²) >= 11 is 5.04. The topological polar surface area (TPSA) is 55.6 Å². The molecular formula is C17H19BrN2O2S. The van der Waals surface area contributed by atoms with Crippen LogP contribution in [0.3, 0.4) is 0 Å². The summed E-state index contributed by atoms with van der Waals surface area (Å²) in [5.41, 5.74) is 7.27. The summed E-state index contributed by atoms with van der Waals surface area (Å²) in [7, 11) is 0. The van der Waals surface area contributed by atoms with Crippen LogP contribution in [0.5, 0.6) is 0 Å². The first-order valence-corrected chi connectivity index (χ1v) is 9.20. The monoisotopic (exact) mass is 394 g/mol. The molecule has 2 unspecified atom stereocenters. The van der Waals surface area contributed by atoms with Crippen molar-refractivity contribution < 1.29 is 9.53 Å². The Hall–Kier alpha value is -1.21. The maximum absolute atomic E-state index is 13.0. The third kappa shape index (κ3) is 3.50. The molecule has 1 amide bonds. The van der Waals surface area contributed by atoms with Crippen LogP contribution in [0.15, 0.2) is 45.6 Å². The Morgan fingerprint density at radius 2 is 2.13 bits per heavy atom. The third-order valence-electron chi connectivity index (χ3n) is 4.16. The van der Waals surface area contributed by atoms with Crippen LogP contribution in [0.1, 0.15) is 24.2 Å². The Morgan fingerprint density at radius 1 is 1.39 bits per heavy atom. The number of carbonyl (C=O) groups excluding carboxylic acids is 1. The lowest BCUT2D eigenvalue weighted by Gasteiger charge is -2.37. The molecule has 2 heterocycles. The number of nitrogens with zero attached hydrogens (tertiary/aromatic N) is 1. The minimum Gasteiger partial charge on any atom is -0.370 e. The number of amides is 1. The van der Waals surface area contributed by atoms with Crippen molar-refractivity contribution in [1.82, 2.24) is 4.90 Å². The molecule has 1 aliphatic rings. The number of halogens is 1. The molecular weight excluding hydrogens is 376 g/mol. The number of ether oxygens (including phenoxy) is 1. The van der Waals surface area contributed by atoms with Crippen molar-refractivity contribution in [2.75, 3.05) is 19.7 Å². The van der Waals surface area contributed by atoms with Gasteiger partial charge in [-0.25, -0.2) is 0 Å². The van der Waals surface area contributed by atoms with Gasteiger partial charge in [0.1, 0.15) is 11.6 Å². The molecule has 6 heteroatoms. The van der Waals surface area contributed by atoms with Gasteiger partial charge in [0.25, 0.3) is 0 Å². The average molecular weight is 395 g/mol. The molecule has 1 aliphatic heterocycles. The Kier molecular flexibility index (Phi) is 4.87. The molecule has 23 heavy (non-hydrogen) atoms. The van der Waals surface area contributed by atoms with Crippen LogP contribution in [-0.4, -0.2) is 30.5 Å². The first-order valence-electron chi connectivity index (χ1n) is 7.46. The summed E-state index contributed by atoms with van der Waals surface area (Å²) in [4.78, 5) is 14.8. The average Bonchev–Trinajstić information content (AvgIpc) is 3.09. The fourth-order valence-corrected chi connectivity index (χ4v) is 3.71. The van der Waals surface area contributed by atoms with Crippen molar-refractivity contribution in [2.24, 2.45) is 5.73 Å². The third-order valence-corrected chi connectivity index (χ3v) is 5.39. The van der Waals surface area contributed by atoms with Crippen molar-refractivity contribution in [3.63, 3.8) is 0 Å². The van der Waals surface area contributed by atoms with E-state index < -0.39 is 5.54 Å². The van der Waals surface area contributed by atoms with E-state index >= 15 is 0 Å². The van der Waals surface area contributed by atoms with Gasteiger partial charge in [-0.1, -0.05) is 28.1 Å². The molecule has 1 fully saturated rings. The van der Waals surface area contributed by atoms with Gasteiger partial charge in [0.05, 0.1) is 13.2 Å². The lowest BCUT2D eigenvalue weighted by molar-refractivity contribution is -0.144. The number of benzene rings is 1. The minimum atomic E-state index is -1.04. The molecule has 0 radical (unpaired) electrons. The van der Waals surface area contributed by atoms with Gasteiger partial charge in [0.2, 0.25) is 5.91 Å². The quantitative estimate of drug-likeness (QED) is 0.868. The maximum Gasteiger partial charge on any atom is 0.247 e. The van der Waals surface area contributed by atoms with Gasteiger partial charge < -0.3 is 15.4 Å². The van der Waals surface area contributed by atoms with E-state index in [1.807, 2.05) is 40.6 Å². The second-order valence-electron chi connectivity index (χ2n) is 5.88. The number of morpholine rings is 1. The first kappa shape index (κ1) is 16.6. The normalized spacial score (nSPS) is 21.0. The zero-order valence-corrected chi connectivity index (χ0v) is 15.3. The molecule has 0 saturated carbocycles. The van der Waals surface area contributed by atoms with Gasteiger partial charge in [-0.3, -0.25) is 4.79 Å². The molecule has 1 saturated heterocycles. The predicted molar refractivity (Wildman–Crippen MR) is 95.3 cm³/mol. The van der Waals surface area contributed by atoms with Crippen LogP contribution >= 0.6 is 27.3 Å². The summed E-state index contributed by atoms with van der Waals surface area (Å²) in [6, 6.07) is 9.62. The van der Waals surface area contributed by atoms with Crippen LogP contribution in [0, 0.1) is 0 Å². The fourth-order valence-electron chi connectivity index (χ4n) is 2.74. The highest BCUT2D eigenvalue weighted by atomic mass is 79.9. The van der Waals surface area contributed by atoms with Crippen molar-refractivity contribution in [1.29, 1.82) is 0 Å². The zero-order chi connectivity index (χ0) is 16.4. The molecule has 1 aromatic heterocycles. The summed E-state index contributed by atoms with van der Waals surface area (Å²) in [5.74, 6) is -0.0663. The molecule has 2 N–H and O–H groups in total. The number of hydrogen-bond donors (Lipinski definition) is 1. The van der Waals surface area contributed by atoms with E-state index in [2.05, 4.69) is 21.3 Å². The highest BCUT2D eigenvalue weighted by Gasteiger charge is 2.37. The number of thiophene rings is 1.